The highest BCUT2D eigenvalue weighted by molar-refractivity contribution is 6.07. The average Bonchev–Trinajstić information content (AvgIpc) is 3.37. The lowest BCUT2D eigenvalue weighted by molar-refractivity contribution is 0.0549. The Morgan fingerprint density at radius 2 is 1.71 bits per heavy atom. The van der Waals surface area contributed by atoms with E-state index in [2.05, 4.69) is 5.10 Å². The zero-order valence-electron chi connectivity index (χ0n) is 15.2. The molecule has 0 saturated heterocycles. The van der Waals surface area contributed by atoms with Crippen LogP contribution in [-0.4, -0.2) is 35.9 Å². The Morgan fingerprint density at radius 1 is 0.964 bits per heavy atom. The molecule has 0 bridgehead atoms. The minimum Gasteiger partial charge on any atom is -0.465 e. The largest absolute Gasteiger partial charge is 0.465 e. The lowest BCUT2D eigenvalue weighted by Crippen LogP contribution is -2.15. The lowest BCUT2D eigenvalue weighted by atomic mass is 10.0. The summed E-state index contributed by atoms with van der Waals surface area (Å²) in [5.74, 6) is -1.38. The molecular weight excluding hydrogens is 360 g/mol. The molecule has 0 aliphatic rings. The number of ether oxygens (including phenoxy) is 2. The van der Waals surface area contributed by atoms with Gasteiger partial charge in [0.1, 0.15) is 16.8 Å². The fourth-order valence-electron chi connectivity index (χ4n) is 3.06. The summed E-state index contributed by atoms with van der Waals surface area (Å²) in [6.07, 6.45) is 1.58. The van der Waals surface area contributed by atoms with E-state index < -0.39 is 11.9 Å². The molecule has 140 valence electrons. The first kappa shape index (κ1) is 17.5. The molecule has 0 aliphatic carbocycles. The van der Waals surface area contributed by atoms with E-state index in [1.165, 1.54) is 18.9 Å². The molecule has 4 rings (SSSR count). The molecule has 4 aromatic rings. The predicted molar refractivity (Wildman–Crippen MR) is 101 cm³/mol. The predicted octanol–water partition coefficient (Wildman–Crippen LogP) is 3.86. The molecule has 7 nitrogen and oxygen atoms in total. The number of esters is 2. The molecular formula is C21H16N2O5. The standard InChI is InChI=1S/C21H16N2O5/c1-26-20(24)17-18(14-9-8-13-10-11-28-16(13)12-14)22-23(19(17)21(25)27-2)15-6-4-3-5-7-15/h3-12H,1-2H3. The first-order valence-electron chi connectivity index (χ1n) is 8.46. The van der Waals surface area contributed by atoms with Gasteiger partial charge in [0.05, 0.1) is 26.2 Å². The van der Waals surface area contributed by atoms with Gasteiger partial charge in [-0.05, 0) is 24.3 Å². The maximum atomic E-state index is 12.6. The van der Waals surface area contributed by atoms with Crippen molar-refractivity contribution in [3.05, 3.63) is 72.1 Å². The van der Waals surface area contributed by atoms with Crippen LogP contribution in [0.2, 0.25) is 0 Å². The van der Waals surface area contributed by atoms with Gasteiger partial charge in [-0.3, -0.25) is 0 Å². The molecule has 0 unspecified atom stereocenters. The van der Waals surface area contributed by atoms with Crippen LogP contribution in [0.5, 0.6) is 0 Å². The molecule has 0 aliphatic heterocycles. The van der Waals surface area contributed by atoms with Crippen LogP contribution in [0.25, 0.3) is 27.9 Å². The fourth-order valence-corrected chi connectivity index (χ4v) is 3.06. The number of aromatic nitrogens is 2. The Kier molecular flexibility index (Phi) is 4.41. The Labute approximate surface area is 160 Å². The lowest BCUT2D eigenvalue weighted by Gasteiger charge is -2.07. The van der Waals surface area contributed by atoms with Crippen molar-refractivity contribution >= 4 is 22.9 Å². The summed E-state index contributed by atoms with van der Waals surface area (Å²) in [5, 5.41) is 5.47. The third-order valence-corrected chi connectivity index (χ3v) is 4.38. The number of furan rings is 1. The zero-order valence-corrected chi connectivity index (χ0v) is 15.2. The summed E-state index contributed by atoms with van der Waals surface area (Å²) in [4.78, 5) is 25.2. The molecule has 0 amide bonds. The molecule has 28 heavy (non-hydrogen) atoms. The van der Waals surface area contributed by atoms with Crippen molar-refractivity contribution < 1.29 is 23.5 Å². The van der Waals surface area contributed by atoms with Crippen molar-refractivity contribution in [3.8, 4) is 16.9 Å². The number of benzene rings is 2. The van der Waals surface area contributed by atoms with Crippen LogP contribution in [0.4, 0.5) is 0 Å². The van der Waals surface area contributed by atoms with E-state index in [0.29, 0.717) is 22.5 Å². The van der Waals surface area contributed by atoms with Gasteiger partial charge in [-0.1, -0.05) is 30.3 Å². The van der Waals surface area contributed by atoms with Crippen molar-refractivity contribution in [2.45, 2.75) is 0 Å². The second kappa shape index (κ2) is 7.03. The van der Waals surface area contributed by atoms with Gasteiger partial charge in [-0.2, -0.15) is 5.10 Å². The minimum atomic E-state index is -0.693. The number of hydrogen-bond donors (Lipinski definition) is 0. The number of nitrogens with zero attached hydrogens (tertiary/aromatic N) is 2. The van der Waals surface area contributed by atoms with Gasteiger partial charge in [-0.15, -0.1) is 0 Å². The van der Waals surface area contributed by atoms with E-state index in [4.69, 9.17) is 13.9 Å². The average molecular weight is 376 g/mol. The van der Waals surface area contributed by atoms with Crippen LogP contribution >= 0.6 is 0 Å². The van der Waals surface area contributed by atoms with E-state index in [1.807, 2.05) is 36.4 Å². The molecule has 0 N–H and O–H groups in total. The molecule has 0 radical (unpaired) electrons. The summed E-state index contributed by atoms with van der Waals surface area (Å²) in [6.45, 7) is 0. The molecule has 0 fully saturated rings. The number of rotatable bonds is 4. The third-order valence-electron chi connectivity index (χ3n) is 4.38. The van der Waals surface area contributed by atoms with Crippen molar-refractivity contribution in [1.82, 2.24) is 9.78 Å². The molecule has 0 spiro atoms. The van der Waals surface area contributed by atoms with Crippen LogP contribution in [0.3, 0.4) is 0 Å². The second-order valence-electron chi connectivity index (χ2n) is 5.98. The van der Waals surface area contributed by atoms with Crippen molar-refractivity contribution in [2.24, 2.45) is 0 Å². The van der Waals surface area contributed by atoms with Crippen LogP contribution < -0.4 is 0 Å². The molecule has 2 heterocycles. The fraction of sp³-hybridized carbons (Fsp3) is 0.0952. The molecule has 7 heteroatoms. The van der Waals surface area contributed by atoms with Gasteiger partial charge in [0.15, 0.2) is 5.69 Å². The van der Waals surface area contributed by atoms with E-state index in [9.17, 15) is 9.59 Å². The summed E-state index contributed by atoms with van der Waals surface area (Å²) >= 11 is 0. The van der Waals surface area contributed by atoms with Gasteiger partial charge < -0.3 is 13.9 Å². The number of carbonyl (C=O) groups excluding carboxylic acids is 2. The highest BCUT2D eigenvalue weighted by Gasteiger charge is 2.31. The maximum absolute atomic E-state index is 12.6. The van der Waals surface area contributed by atoms with Crippen molar-refractivity contribution in [1.29, 1.82) is 0 Å². The van der Waals surface area contributed by atoms with Gasteiger partial charge in [0, 0.05) is 10.9 Å². The first-order valence-corrected chi connectivity index (χ1v) is 8.46. The van der Waals surface area contributed by atoms with Crippen LogP contribution in [0, 0.1) is 0 Å². The second-order valence-corrected chi connectivity index (χ2v) is 5.98. The summed E-state index contributed by atoms with van der Waals surface area (Å²) in [7, 11) is 2.50. The van der Waals surface area contributed by atoms with Crippen molar-refractivity contribution in [3.63, 3.8) is 0 Å². The van der Waals surface area contributed by atoms with Gasteiger partial charge in [0.2, 0.25) is 0 Å². The Morgan fingerprint density at radius 3 is 2.43 bits per heavy atom. The number of carbonyl (C=O) groups is 2. The van der Waals surface area contributed by atoms with Gasteiger partial charge in [0.25, 0.3) is 0 Å². The Bertz CT molecular complexity index is 1170. The number of methoxy groups -OCH3 is 2. The summed E-state index contributed by atoms with van der Waals surface area (Å²) < 4.78 is 16.7. The SMILES string of the molecule is COC(=O)c1c(-c2ccc3ccoc3c2)nn(-c2ccccc2)c1C(=O)OC. The summed E-state index contributed by atoms with van der Waals surface area (Å²) in [5.41, 5.74) is 2.19. The summed E-state index contributed by atoms with van der Waals surface area (Å²) in [6, 6.07) is 16.3. The minimum absolute atomic E-state index is 0.00454. The first-order chi connectivity index (χ1) is 13.6. The smallest absolute Gasteiger partial charge is 0.357 e. The van der Waals surface area contributed by atoms with Crippen molar-refractivity contribution in [2.75, 3.05) is 14.2 Å². The van der Waals surface area contributed by atoms with E-state index in [1.54, 1.807) is 24.5 Å². The molecule has 2 aromatic carbocycles. The van der Waals surface area contributed by atoms with Gasteiger partial charge >= 0.3 is 11.9 Å². The van der Waals surface area contributed by atoms with E-state index in [-0.39, 0.29) is 11.3 Å². The van der Waals surface area contributed by atoms with Gasteiger partial charge in [-0.25, -0.2) is 14.3 Å². The molecule has 0 atom stereocenters. The normalized spacial score (nSPS) is 10.8. The van der Waals surface area contributed by atoms with Crippen LogP contribution in [0.15, 0.2) is 65.3 Å². The molecule has 2 aromatic heterocycles. The number of para-hydroxylation sites is 1. The monoisotopic (exact) mass is 376 g/mol. The third kappa shape index (κ3) is 2.83. The maximum Gasteiger partial charge on any atom is 0.357 e. The highest BCUT2D eigenvalue weighted by atomic mass is 16.5. The van der Waals surface area contributed by atoms with Crippen LogP contribution in [0.1, 0.15) is 20.8 Å². The Hall–Kier alpha value is -3.87. The number of fused-ring (bicyclic) bond motifs is 1. The van der Waals surface area contributed by atoms with E-state index >= 15 is 0 Å². The number of hydrogen-bond acceptors (Lipinski definition) is 6. The quantitative estimate of drug-likeness (QED) is 0.503. The zero-order chi connectivity index (χ0) is 19.7. The molecule has 0 saturated carbocycles. The van der Waals surface area contributed by atoms with Crippen LogP contribution in [-0.2, 0) is 9.47 Å². The topological polar surface area (TPSA) is 83.6 Å². The Balaban J connectivity index is 2.03. The van der Waals surface area contributed by atoms with E-state index in [0.717, 1.165) is 5.39 Å². The highest BCUT2D eigenvalue weighted by Crippen LogP contribution is 2.31.